The number of piperidine rings is 1. The van der Waals surface area contributed by atoms with Gasteiger partial charge in [-0.3, -0.25) is 9.69 Å². The van der Waals surface area contributed by atoms with Crippen molar-refractivity contribution in [3.05, 3.63) is 35.9 Å². The third-order valence-corrected chi connectivity index (χ3v) is 5.59. The first-order valence-electron chi connectivity index (χ1n) is 9.70. The van der Waals surface area contributed by atoms with Crippen LogP contribution < -0.4 is 5.73 Å². The number of nitrogens with two attached hydrogens (primary N) is 1. The average molecular weight is 358 g/mol. The molecule has 0 unspecified atom stereocenters. The Balaban J connectivity index is 1.41. The van der Waals surface area contributed by atoms with E-state index in [2.05, 4.69) is 35.2 Å². The monoisotopic (exact) mass is 358 g/mol. The van der Waals surface area contributed by atoms with Gasteiger partial charge in [0.05, 0.1) is 6.54 Å². The topological polar surface area (TPSA) is 69.9 Å². The molecule has 1 aromatic rings. The summed E-state index contributed by atoms with van der Waals surface area (Å²) in [7, 11) is 0. The summed E-state index contributed by atoms with van der Waals surface area (Å²) in [6.45, 7) is 5.04. The molecule has 2 N–H and O–H groups in total. The highest BCUT2D eigenvalue weighted by molar-refractivity contribution is 5.78. The summed E-state index contributed by atoms with van der Waals surface area (Å²) >= 11 is 0. The van der Waals surface area contributed by atoms with Crippen LogP contribution in [0.3, 0.4) is 0 Å². The third kappa shape index (κ3) is 5.21. The molecule has 0 saturated carbocycles. The van der Waals surface area contributed by atoms with Crippen molar-refractivity contribution in [1.29, 1.82) is 0 Å². The lowest BCUT2D eigenvalue weighted by Crippen LogP contribution is -2.45. The van der Waals surface area contributed by atoms with Crippen molar-refractivity contribution in [2.45, 2.75) is 25.7 Å². The first-order valence-corrected chi connectivity index (χ1v) is 9.70. The minimum Gasteiger partial charge on any atom is -0.351 e. The van der Waals surface area contributed by atoms with Crippen LogP contribution in [0.5, 0.6) is 0 Å². The lowest BCUT2D eigenvalue weighted by atomic mass is 9.90. The number of urea groups is 1. The maximum atomic E-state index is 12.6. The summed E-state index contributed by atoms with van der Waals surface area (Å²) < 4.78 is 0. The Morgan fingerprint density at radius 1 is 0.923 bits per heavy atom. The fourth-order valence-corrected chi connectivity index (χ4v) is 3.97. The smallest absolute Gasteiger partial charge is 0.314 e. The van der Waals surface area contributed by atoms with E-state index >= 15 is 0 Å². The average Bonchev–Trinajstić information content (AvgIpc) is 2.89. The van der Waals surface area contributed by atoms with Crippen molar-refractivity contribution in [3.8, 4) is 0 Å². The van der Waals surface area contributed by atoms with Gasteiger partial charge in [-0.15, -0.1) is 0 Å². The van der Waals surface area contributed by atoms with Crippen molar-refractivity contribution < 1.29 is 9.59 Å². The van der Waals surface area contributed by atoms with Crippen molar-refractivity contribution in [3.63, 3.8) is 0 Å². The summed E-state index contributed by atoms with van der Waals surface area (Å²) in [6.07, 6.45) is 4.14. The SMILES string of the molecule is NC(=O)N1CCCN(CC(=O)N2CCC(Cc3ccccc3)CC2)CC1. The predicted molar refractivity (Wildman–Crippen MR) is 102 cm³/mol. The Bertz CT molecular complexity index is 599. The molecule has 6 heteroatoms. The summed E-state index contributed by atoms with van der Waals surface area (Å²) in [5.41, 5.74) is 6.75. The first-order chi connectivity index (χ1) is 12.6. The van der Waals surface area contributed by atoms with Gasteiger partial charge in [-0.2, -0.15) is 0 Å². The third-order valence-electron chi connectivity index (χ3n) is 5.59. The second kappa shape index (κ2) is 9.03. The van der Waals surface area contributed by atoms with Gasteiger partial charge >= 0.3 is 6.03 Å². The predicted octanol–water partition coefficient (Wildman–Crippen LogP) is 1.55. The second-order valence-electron chi connectivity index (χ2n) is 7.47. The molecular formula is C20H30N4O2. The molecule has 0 aromatic heterocycles. The van der Waals surface area contributed by atoms with E-state index in [0.29, 0.717) is 25.6 Å². The van der Waals surface area contributed by atoms with Crippen molar-refractivity contribution >= 4 is 11.9 Å². The quantitative estimate of drug-likeness (QED) is 0.888. The van der Waals surface area contributed by atoms with Gasteiger partial charge in [0.1, 0.15) is 0 Å². The fourth-order valence-electron chi connectivity index (χ4n) is 3.97. The van der Waals surface area contributed by atoms with E-state index in [1.807, 2.05) is 4.90 Å². The zero-order valence-electron chi connectivity index (χ0n) is 15.5. The van der Waals surface area contributed by atoms with Gasteiger partial charge in [0.15, 0.2) is 0 Å². The molecule has 2 aliphatic rings. The lowest BCUT2D eigenvalue weighted by Gasteiger charge is -2.33. The second-order valence-corrected chi connectivity index (χ2v) is 7.47. The van der Waals surface area contributed by atoms with Crippen LogP contribution in [0.15, 0.2) is 30.3 Å². The zero-order chi connectivity index (χ0) is 18.4. The van der Waals surface area contributed by atoms with Crippen LogP contribution in [0.1, 0.15) is 24.8 Å². The van der Waals surface area contributed by atoms with E-state index in [0.717, 1.165) is 51.9 Å². The van der Waals surface area contributed by atoms with Crippen LogP contribution in [-0.4, -0.2) is 72.5 Å². The molecule has 26 heavy (non-hydrogen) atoms. The van der Waals surface area contributed by atoms with Crippen molar-refractivity contribution in [1.82, 2.24) is 14.7 Å². The van der Waals surface area contributed by atoms with Crippen LogP contribution in [0.4, 0.5) is 4.79 Å². The number of rotatable bonds is 4. The molecule has 3 amide bonds. The summed E-state index contributed by atoms with van der Waals surface area (Å²) in [4.78, 5) is 29.8. The van der Waals surface area contributed by atoms with Gasteiger partial charge in [0.2, 0.25) is 5.91 Å². The molecule has 0 bridgehead atoms. The minimum atomic E-state index is -0.362. The first kappa shape index (κ1) is 18.7. The Kier molecular flexibility index (Phi) is 6.50. The van der Waals surface area contributed by atoms with E-state index in [1.165, 1.54) is 5.56 Å². The molecule has 2 fully saturated rings. The van der Waals surface area contributed by atoms with Crippen LogP contribution in [0, 0.1) is 5.92 Å². The zero-order valence-corrected chi connectivity index (χ0v) is 15.5. The maximum absolute atomic E-state index is 12.6. The molecule has 2 saturated heterocycles. The maximum Gasteiger partial charge on any atom is 0.314 e. The van der Waals surface area contributed by atoms with Gasteiger partial charge in [0.25, 0.3) is 0 Å². The van der Waals surface area contributed by atoms with Crippen LogP contribution in [-0.2, 0) is 11.2 Å². The van der Waals surface area contributed by atoms with Crippen LogP contribution >= 0.6 is 0 Å². The van der Waals surface area contributed by atoms with E-state index in [4.69, 9.17) is 5.73 Å². The van der Waals surface area contributed by atoms with Gasteiger partial charge in [-0.05, 0) is 37.2 Å². The Hall–Kier alpha value is -2.08. The standard InChI is InChI=1S/C20H30N4O2/c21-20(26)24-10-4-9-22(13-14-24)16-19(25)23-11-7-18(8-12-23)15-17-5-2-1-3-6-17/h1-3,5-6,18H,4,7-16H2,(H2,21,26). The highest BCUT2D eigenvalue weighted by atomic mass is 16.2. The fraction of sp³-hybridized carbons (Fsp3) is 0.600. The van der Waals surface area contributed by atoms with Crippen LogP contribution in [0.2, 0.25) is 0 Å². The Labute approximate surface area is 155 Å². The number of nitrogens with zero attached hydrogens (tertiary/aromatic N) is 3. The minimum absolute atomic E-state index is 0.218. The molecule has 6 nitrogen and oxygen atoms in total. The number of likely N-dealkylation sites (tertiary alicyclic amines) is 1. The Morgan fingerprint density at radius 3 is 2.35 bits per heavy atom. The highest BCUT2D eigenvalue weighted by Gasteiger charge is 2.25. The number of amides is 3. The van der Waals surface area contributed by atoms with E-state index in [-0.39, 0.29) is 11.9 Å². The Morgan fingerprint density at radius 2 is 1.65 bits per heavy atom. The number of hydrogen-bond acceptors (Lipinski definition) is 3. The van der Waals surface area contributed by atoms with Crippen LogP contribution in [0.25, 0.3) is 0 Å². The molecular weight excluding hydrogens is 328 g/mol. The molecule has 3 rings (SSSR count). The normalized spacial score (nSPS) is 20.0. The molecule has 0 radical (unpaired) electrons. The summed E-state index contributed by atoms with van der Waals surface area (Å²) in [5.74, 6) is 0.888. The number of hydrogen-bond donors (Lipinski definition) is 1. The van der Waals surface area contributed by atoms with E-state index in [9.17, 15) is 9.59 Å². The number of benzene rings is 1. The van der Waals surface area contributed by atoms with Gasteiger partial charge < -0.3 is 15.5 Å². The van der Waals surface area contributed by atoms with E-state index < -0.39 is 0 Å². The number of carbonyl (C=O) groups excluding carboxylic acids is 2. The molecule has 2 aliphatic heterocycles. The highest BCUT2D eigenvalue weighted by Crippen LogP contribution is 2.22. The molecule has 2 heterocycles. The lowest BCUT2D eigenvalue weighted by molar-refractivity contribution is -0.133. The molecule has 1 aromatic carbocycles. The van der Waals surface area contributed by atoms with E-state index in [1.54, 1.807) is 4.90 Å². The van der Waals surface area contributed by atoms with Crippen molar-refractivity contribution in [2.75, 3.05) is 45.8 Å². The van der Waals surface area contributed by atoms with Gasteiger partial charge in [-0.1, -0.05) is 30.3 Å². The summed E-state index contributed by atoms with van der Waals surface area (Å²) in [6, 6.07) is 10.2. The molecule has 0 atom stereocenters. The summed E-state index contributed by atoms with van der Waals surface area (Å²) in [5, 5.41) is 0. The van der Waals surface area contributed by atoms with Gasteiger partial charge in [0, 0.05) is 39.3 Å². The molecule has 0 spiro atoms. The molecule has 0 aliphatic carbocycles. The van der Waals surface area contributed by atoms with Gasteiger partial charge in [-0.25, -0.2) is 4.79 Å². The number of primary amides is 1. The number of carbonyl (C=O) groups is 2. The molecule has 142 valence electrons. The largest absolute Gasteiger partial charge is 0.351 e. The van der Waals surface area contributed by atoms with Crippen molar-refractivity contribution in [2.24, 2.45) is 11.7 Å².